The lowest BCUT2D eigenvalue weighted by molar-refractivity contribution is -0.131. The van der Waals surface area contributed by atoms with Crippen LogP contribution in [0.25, 0.3) is 0 Å². The van der Waals surface area contributed by atoms with Crippen LogP contribution >= 0.6 is 12.4 Å². The number of carbonyl (C=O) groups excluding carboxylic acids is 1. The zero-order chi connectivity index (χ0) is 12.3. The fraction of sp³-hybridized carbons (Fsp3) is 0.500. The molecule has 1 aromatic rings. The highest BCUT2D eigenvalue weighted by Gasteiger charge is 2.20. The zero-order valence-electron chi connectivity index (χ0n) is 10.8. The van der Waals surface area contributed by atoms with Crippen molar-refractivity contribution in [1.82, 2.24) is 4.90 Å². The molecule has 0 saturated carbocycles. The van der Waals surface area contributed by atoms with Crippen LogP contribution in [0.1, 0.15) is 24.0 Å². The molecule has 3 nitrogen and oxygen atoms in total. The molecule has 0 radical (unpaired) electrons. The molecule has 18 heavy (non-hydrogen) atoms. The van der Waals surface area contributed by atoms with E-state index in [1.54, 1.807) is 0 Å². The number of nitrogens with two attached hydrogens (primary N) is 1. The summed E-state index contributed by atoms with van der Waals surface area (Å²) in [6, 6.07) is 8.30. The summed E-state index contributed by atoms with van der Waals surface area (Å²) in [5, 5.41) is 0. The molecule has 1 unspecified atom stereocenters. The van der Waals surface area contributed by atoms with Crippen molar-refractivity contribution in [3.05, 3.63) is 35.4 Å². The van der Waals surface area contributed by atoms with Crippen molar-refractivity contribution in [3.8, 4) is 0 Å². The van der Waals surface area contributed by atoms with Crippen LogP contribution in [0.5, 0.6) is 0 Å². The van der Waals surface area contributed by atoms with Crippen molar-refractivity contribution in [2.45, 2.75) is 32.2 Å². The van der Waals surface area contributed by atoms with Gasteiger partial charge >= 0.3 is 0 Å². The average Bonchev–Trinajstić information content (AvgIpc) is 2.32. The first-order chi connectivity index (χ1) is 8.15. The van der Waals surface area contributed by atoms with Gasteiger partial charge in [-0.1, -0.05) is 29.8 Å². The average molecular weight is 269 g/mol. The molecule has 1 amide bonds. The van der Waals surface area contributed by atoms with E-state index in [4.69, 9.17) is 5.73 Å². The van der Waals surface area contributed by atoms with Gasteiger partial charge in [-0.05, 0) is 25.3 Å². The topological polar surface area (TPSA) is 46.3 Å². The predicted molar refractivity (Wildman–Crippen MR) is 75.9 cm³/mol. The maximum atomic E-state index is 12.1. The first-order valence-electron chi connectivity index (χ1n) is 6.24. The minimum atomic E-state index is 0. The van der Waals surface area contributed by atoms with Crippen LogP contribution in [0.2, 0.25) is 0 Å². The quantitative estimate of drug-likeness (QED) is 0.891. The lowest BCUT2D eigenvalue weighted by atomic mass is 10.0. The Kier molecular flexibility index (Phi) is 5.63. The van der Waals surface area contributed by atoms with Gasteiger partial charge in [0, 0.05) is 19.1 Å². The third kappa shape index (κ3) is 4.00. The van der Waals surface area contributed by atoms with Gasteiger partial charge in [0.25, 0.3) is 0 Å². The fourth-order valence-corrected chi connectivity index (χ4v) is 2.23. The molecule has 0 spiro atoms. The highest BCUT2D eigenvalue weighted by Crippen LogP contribution is 2.11. The van der Waals surface area contributed by atoms with E-state index in [9.17, 15) is 4.79 Å². The van der Waals surface area contributed by atoms with Gasteiger partial charge in [0.2, 0.25) is 5.91 Å². The smallest absolute Gasteiger partial charge is 0.227 e. The first-order valence-corrected chi connectivity index (χ1v) is 6.24. The number of halogens is 1. The molecule has 1 heterocycles. The first kappa shape index (κ1) is 15.0. The van der Waals surface area contributed by atoms with Gasteiger partial charge in [0.1, 0.15) is 0 Å². The van der Waals surface area contributed by atoms with E-state index in [2.05, 4.69) is 6.92 Å². The van der Waals surface area contributed by atoms with E-state index in [0.29, 0.717) is 13.0 Å². The molecule has 100 valence electrons. The Morgan fingerprint density at radius 3 is 2.67 bits per heavy atom. The predicted octanol–water partition coefficient (Wildman–Crippen LogP) is 1.91. The standard InChI is InChI=1S/C14H20N2O.ClH/c1-11-4-6-12(7-5-11)9-14(17)16-8-2-3-13(15)10-16;/h4-7,13H,2-3,8-10,15H2,1H3;1H. The van der Waals surface area contributed by atoms with E-state index < -0.39 is 0 Å². The van der Waals surface area contributed by atoms with Crippen LogP contribution in [-0.4, -0.2) is 29.9 Å². The summed E-state index contributed by atoms with van der Waals surface area (Å²) in [4.78, 5) is 14.0. The van der Waals surface area contributed by atoms with Gasteiger partial charge in [-0.25, -0.2) is 0 Å². The third-order valence-corrected chi connectivity index (χ3v) is 3.29. The normalized spacial score (nSPS) is 19.2. The van der Waals surface area contributed by atoms with Crippen LogP contribution in [0.3, 0.4) is 0 Å². The van der Waals surface area contributed by atoms with E-state index in [1.807, 2.05) is 29.2 Å². The lowest BCUT2D eigenvalue weighted by Gasteiger charge is -2.30. The Labute approximate surface area is 115 Å². The second-order valence-electron chi connectivity index (χ2n) is 4.90. The maximum absolute atomic E-state index is 12.1. The molecule has 2 N–H and O–H groups in total. The maximum Gasteiger partial charge on any atom is 0.227 e. The van der Waals surface area contributed by atoms with Crippen LogP contribution in [0.15, 0.2) is 24.3 Å². The second kappa shape index (κ2) is 6.76. The largest absolute Gasteiger partial charge is 0.341 e. The molecule has 4 heteroatoms. The Morgan fingerprint density at radius 2 is 2.06 bits per heavy atom. The molecule has 0 aromatic heterocycles. The molecule has 1 fully saturated rings. The zero-order valence-corrected chi connectivity index (χ0v) is 11.6. The third-order valence-electron chi connectivity index (χ3n) is 3.29. The number of rotatable bonds is 2. The van der Waals surface area contributed by atoms with Gasteiger partial charge in [-0.3, -0.25) is 4.79 Å². The van der Waals surface area contributed by atoms with E-state index >= 15 is 0 Å². The number of likely N-dealkylation sites (tertiary alicyclic amines) is 1. The lowest BCUT2D eigenvalue weighted by Crippen LogP contribution is -2.46. The second-order valence-corrected chi connectivity index (χ2v) is 4.90. The number of piperidine rings is 1. The summed E-state index contributed by atoms with van der Waals surface area (Å²) < 4.78 is 0. The van der Waals surface area contributed by atoms with Gasteiger partial charge in [0.05, 0.1) is 6.42 Å². The number of carbonyl (C=O) groups is 1. The number of aryl methyl sites for hydroxylation is 1. The minimum absolute atomic E-state index is 0. The molecule has 1 atom stereocenters. The Balaban J connectivity index is 0.00000162. The van der Waals surface area contributed by atoms with Crippen molar-refractivity contribution >= 4 is 18.3 Å². The molecule has 2 rings (SSSR count). The molecule has 1 aromatic carbocycles. The number of nitrogens with zero attached hydrogens (tertiary/aromatic N) is 1. The van der Waals surface area contributed by atoms with E-state index in [0.717, 1.165) is 24.9 Å². The molecular formula is C14H21ClN2O. The summed E-state index contributed by atoms with van der Waals surface area (Å²) in [7, 11) is 0. The van der Waals surface area contributed by atoms with Crippen molar-refractivity contribution < 1.29 is 4.79 Å². The van der Waals surface area contributed by atoms with Crippen LogP contribution in [0.4, 0.5) is 0 Å². The highest BCUT2D eigenvalue weighted by molar-refractivity contribution is 5.85. The number of hydrogen-bond acceptors (Lipinski definition) is 2. The van der Waals surface area contributed by atoms with E-state index in [1.165, 1.54) is 5.56 Å². The van der Waals surface area contributed by atoms with Crippen molar-refractivity contribution in [2.75, 3.05) is 13.1 Å². The summed E-state index contributed by atoms with van der Waals surface area (Å²) >= 11 is 0. The monoisotopic (exact) mass is 268 g/mol. The van der Waals surface area contributed by atoms with Gasteiger partial charge in [0.15, 0.2) is 0 Å². The number of amides is 1. The Bertz CT molecular complexity index is 391. The molecule has 0 aliphatic carbocycles. The molecule has 1 aliphatic heterocycles. The summed E-state index contributed by atoms with van der Waals surface area (Å²) in [5.74, 6) is 0.198. The summed E-state index contributed by atoms with van der Waals surface area (Å²) in [6.45, 7) is 3.62. The number of hydrogen-bond donors (Lipinski definition) is 1. The van der Waals surface area contributed by atoms with Crippen molar-refractivity contribution in [3.63, 3.8) is 0 Å². The van der Waals surface area contributed by atoms with Crippen LogP contribution < -0.4 is 5.73 Å². The molecular weight excluding hydrogens is 248 g/mol. The summed E-state index contributed by atoms with van der Waals surface area (Å²) in [6.07, 6.45) is 2.56. The molecule has 1 aliphatic rings. The molecule has 0 bridgehead atoms. The van der Waals surface area contributed by atoms with Gasteiger partial charge in [-0.2, -0.15) is 0 Å². The van der Waals surface area contributed by atoms with Crippen LogP contribution in [0, 0.1) is 6.92 Å². The minimum Gasteiger partial charge on any atom is -0.341 e. The highest BCUT2D eigenvalue weighted by atomic mass is 35.5. The number of benzene rings is 1. The fourth-order valence-electron chi connectivity index (χ4n) is 2.23. The van der Waals surface area contributed by atoms with Crippen molar-refractivity contribution in [1.29, 1.82) is 0 Å². The Hall–Kier alpha value is -1.06. The SMILES string of the molecule is Cc1ccc(CC(=O)N2CCCC(N)C2)cc1.Cl. The Morgan fingerprint density at radius 1 is 1.39 bits per heavy atom. The van der Waals surface area contributed by atoms with Crippen LogP contribution in [-0.2, 0) is 11.2 Å². The van der Waals surface area contributed by atoms with Gasteiger partial charge < -0.3 is 10.6 Å². The van der Waals surface area contributed by atoms with E-state index in [-0.39, 0.29) is 24.4 Å². The molecule has 1 saturated heterocycles. The summed E-state index contributed by atoms with van der Waals surface area (Å²) in [5.41, 5.74) is 8.19. The van der Waals surface area contributed by atoms with Crippen molar-refractivity contribution in [2.24, 2.45) is 5.73 Å². The van der Waals surface area contributed by atoms with Gasteiger partial charge in [-0.15, -0.1) is 12.4 Å².